The Morgan fingerprint density at radius 1 is 1.28 bits per heavy atom. The second kappa shape index (κ2) is 6.72. The van der Waals surface area contributed by atoms with Crippen molar-refractivity contribution in [3.63, 3.8) is 0 Å². The lowest BCUT2D eigenvalue weighted by Gasteiger charge is -2.20. The fraction of sp³-hybridized carbons (Fsp3) is 0.818. The van der Waals surface area contributed by atoms with Crippen LogP contribution in [0.25, 0.3) is 0 Å². The van der Waals surface area contributed by atoms with Crippen LogP contribution in [0.2, 0.25) is 0 Å². The lowest BCUT2D eigenvalue weighted by Crippen LogP contribution is -2.30. The van der Waals surface area contributed by atoms with Crippen LogP contribution in [0.15, 0.2) is 0 Å². The number of carbonyl (C=O) groups is 2. The van der Waals surface area contributed by atoms with Gasteiger partial charge in [-0.15, -0.1) is 0 Å². The van der Waals surface area contributed by atoms with Crippen molar-refractivity contribution in [2.75, 3.05) is 12.9 Å². The van der Waals surface area contributed by atoms with Crippen molar-refractivity contribution >= 4 is 21.9 Å². The average Bonchev–Trinajstić information content (AvgIpc) is 2.21. The second-order valence-electron chi connectivity index (χ2n) is 4.77. The first-order valence-electron chi connectivity index (χ1n) is 5.76. The Balaban J connectivity index is 3.88. The van der Waals surface area contributed by atoms with E-state index in [2.05, 4.69) is 0 Å². The highest BCUT2D eigenvalue weighted by molar-refractivity contribution is 7.89. The summed E-state index contributed by atoms with van der Waals surface area (Å²) in [4.78, 5) is 22.7. The fourth-order valence-electron chi connectivity index (χ4n) is 0.995. The van der Waals surface area contributed by atoms with Gasteiger partial charge in [-0.25, -0.2) is 8.42 Å². The largest absolute Gasteiger partial charge is 0.465 e. The zero-order valence-corrected chi connectivity index (χ0v) is 12.1. The first kappa shape index (κ1) is 16.9. The number of hydrogen-bond donors (Lipinski definition) is 1. The van der Waals surface area contributed by atoms with Gasteiger partial charge in [0.1, 0.15) is 0 Å². The number of esters is 1. The molecule has 0 spiro atoms. The van der Waals surface area contributed by atoms with Crippen molar-refractivity contribution in [3.8, 4) is 0 Å². The maximum absolute atomic E-state index is 11.6. The van der Waals surface area contributed by atoms with E-state index in [-0.39, 0.29) is 19.0 Å². The Morgan fingerprint density at radius 3 is 2.28 bits per heavy atom. The number of sulfonamides is 1. The first-order valence-corrected chi connectivity index (χ1v) is 7.65. The third-order valence-corrected chi connectivity index (χ3v) is 3.12. The van der Waals surface area contributed by atoms with E-state index in [0.29, 0.717) is 12.8 Å². The van der Waals surface area contributed by atoms with Gasteiger partial charge in [-0.05, 0) is 26.7 Å². The summed E-state index contributed by atoms with van der Waals surface area (Å²) in [6.07, 6.45) is 1.88. The molecule has 0 radical (unpaired) electrons. The SMILES string of the molecule is CCC(C)(C)C(=O)OCCCC(=O)NS(C)(=O)=O. The zero-order chi connectivity index (χ0) is 14.4. The predicted octanol–water partition coefficient (Wildman–Crippen LogP) is 0.822. The van der Waals surface area contributed by atoms with E-state index in [1.165, 1.54) is 0 Å². The summed E-state index contributed by atoms with van der Waals surface area (Å²) in [5, 5.41) is 0. The Kier molecular flexibility index (Phi) is 6.31. The lowest BCUT2D eigenvalue weighted by molar-refractivity contribution is -0.154. The fourth-order valence-corrected chi connectivity index (χ4v) is 1.51. The highest BCUT2D eigenvalue weighted by Crippen LogP contribution is 2.21. The molecule has 106 valence electrons. The molecule has 6 nitrogen and oxygen atoms in total. The molecule has 0 unspecified atom stereocenters. The number of amides is 1. The van der Waals surface area contributed by atoms with Gasteiger partial charge >= 0.3 is 5.97 Å². The molecule has 0 saturated heterocycles. The predicted molar refractivity (Wildman–Crippen MR) is 67.3 cm³/mol. The van der Waals surface area contributed by atoms with E-state index in [1.54, 1.807) is 13.8 Å². The van der Waals surface area contributed by atoms with Crippen molar-refractivity contribution in [2.24, 2.45) is 5.41 Å². The number of carbonyl (C=O) groups excluding carboxylic acids is 2. The molecule has 0 aromatic heterocycles. The van der Waals surface area contributed by atoms with Crippen molar-refractivity contribution in [1.29, 1.82) is 0 Å². The van der Waals surface area contributed by atoms with Crippen LogP contribution in [0.4, 0.5) is 0 Å². The monoisotopic (exact) mass is 279 g/mol. The minimum absolute atomic E-state index is 0.00685. The van der Waals surface area contributed by atoms with Crippen molar-refractivity contribution in [2.45, 2.75) is 40.0 Å². The minimum atomic E-state index is -3.51. The molecule has 0 atom stereocenters. The third kappa shape index (κ3) is 7.26. The molecule has 0 rings (SSSR count). The van der Waals surface area contributed by atoms with Gasteiger partial charge in [0, 0.05) is 6.42 Å². The smallest absolute Gasteiger partial charge is 0.311 e. The van der Waals surface area contributed by atoms with Crippen LogP contribution in [0.1, 0.15) is 40.0 Å². The molecule has 0 aromatic rings. The van der Waals surface area contributed by atoms with Crippen LogP contribution >= 0.6 is 0 Å². The van der Waals surface area contributed by atoms with Crippen LogP contribution in [0.3, 0.4) is 0 Å². The van der Waals surface area contributed by atoms with E-state index in [4.69, 9.17) is 4.74 Å². The first-order chi connectivity index (χ1) is 8.08. The van der Waals surface area contributed by atoms with Crippen molar-refractivity contribution in [1.82, 2.24) is 4.72 Å². The summed E-state index contributed by atoms with van der Waals surface area (Å²) in [7, 11) is -3.51. The Labute approximate surface area is 108 Å². The van der Waals surface area contributed by atoms with Gasteiger partial charge in [-0.1, -0.05) is 6.92 Å². The number of nitrogens with one attached hydrogen (secondary N) is 1. The molecule has 18 heavy (non-hydrogen) atoms. The van der Waals surface area contributed by atoms with Crippen LogP contribution < -0.4 is 4.72 Å². The molecule has 0 aliphatic heterocycles. The van der Waals surface area contributed by atoms with E-state index in [0.717, 1.165) is 6.26 Å². The number of rotatable bonds is 7. The molecule has 0 aliphatic rings. The normalized spacial score (nSPS) is 12.0. The molecule has 0 bridgehead atoms. The summed E-state index contributed by atoms with van der Waals surface area (Å²) in [6.45, 7) is 5.57. The maximum Gasteiger partial charge on any atom is 0.311 e. The van der Waals surface area contributed by atoms with Crippen molar-refractivity contribution < 1.29 is 22.7 Å². The van der Waals surface area contributed by atoms with E-state index in [9.17, 15) is 18.0 Å². The molecule has 0 aliphatic carbocycles. The van der Waals surface area contributed by atoms with Crippen LogP contribution in [-0.4, -0.2) is 33.2 Å². The Morgan fingerprint density at radius 2 is 1.83 bits per heavy atom. The highest BCUT2D eigenvalue weighted by atomic mass is 32.2. The van der Waals surface area contributed by atoms with E-state index < -0.39 is 21.3 Å². The number of ether oxygens (including phenoxy) is 1. The molecule has 1 amide bonds. The molecule has 0 fully saturated rings. The maximum atomic E-state index is 11.6. The molecular formula is C11H21NO5S. The standard InChI is InChI=1S/C11H21NO5S/c1-5-11(2,3)10(14)17-8-6-7-9(13)12-18(4,15)16/h5-8H2,1-4H3,(H,12,13). The van der Waals surface area contributed by atoms with Crippen LogP contribution in [-0.2, 0) is 24.3 Å². The quantitative estimate of drug-likeness (QED) is 0.550. The van der Waals surface area contributed by atoms with Crippen LogP contribution in [0, 0.1) is 5.41 Å². The molecule has 0 heterocycles. The molecular weight excluding hydrogens is 258 g/mol. The van der Waals surface area contributed by atoms with Gasteiger partial charge in [0.15, 0.2) is 0 Å². The summed E-state index contributed by atoms with van der Waals surface area (Å²) in [6, 6.07) is 0. The van der Waals surface area contributed by atoms with E-state index in [1.807, 2.05) is 11.6 Å². The molecule has 1 N–H and O–H groups in total. The summed E-state index contributed by atoms with van der Waals surface area (Å²) in [5.41, 5.74) is -0.533. The van der Waals surface area contributed by atoms with Gasteiger partial charge in [-0.3, -0.25) is 14.3 Å². The summed E-state index contributed by atoms with van der Waals surface area (Å²) in [5.74, 6) is -0.906. The third-order valence-electron chi connectivity index (χ3n) is 2.52. The zero-order valence-electron chi connectivity index (χ0n) is 11.3. The average molecular weight is 279 g/mol. The van der Waals surface area contributed by atoms with E-state index >= 15 is 0 Å². The van der Waals surface area contributed by atoms with Gasteiger partial charge in [-0.2, -0.15) is 0 Å². The van der Waals surface area contributed by atoms with Crippen molar-refractivity contribution in [3.05, 3.63) is 0 Å². The molecule has 0 saturated carbocycles. The van der Waals surface area contributed by atoms with Gasteiger partial charge in [0.05, 0.1) is 18.3 Å². The number of hydrogen-bond acceptors (Lipinski definition) is 5. The van der Waals surface area contributed by atoms with Gasteiger partial charge in [0.2, 0.25) is 15.9 Å². The second-order valence-corrected chi connectivity index (χ2v) is 6.52. The lowest BCUT2D eigenvalue weighted by atomic mass is 9.91. The van der Waals surface area contributed by atoms with Gasteiger partial charge in [0.25, 0.3) is 0 Å². The topological polar surface area (TPSA) is 89.5 Å². The Hall–Kier alpha value is -1.11. The highest BCUT2D eigenvalue weighted by Gasteiger charge is 2.26. The minimum Gasteiger partial charge on any atom is -0.465 e. The van der Waals surface area contributed by atoms with Gasteiger partial charge < -0.3 is 4.74 Å². The Bertz CT molecular complexity index is 400. The van der Waals surface area contributed by atoms with Crippen LogP contribution in [0.5, 0.6) is 0 Å². The summed E-state index contributed by atoms with van der Waals surface area (Å²) >= 11 is 0. The summed E-state index contributed by atoms with van der Waals surface area (Å²) < 4.78 is 28.3. The molecule has 0 aromatic carbocycles. The molecule has 7 heteroatoms.